The zero-order valence-electron chi connectivity index (χ0n) is 33.6. The highest BCUT2D eigenvalue weighted by Gasteiger charge is 2.27. The molecule has 0 fully saturated rings. The molecule has 4 N–H and O–H groups in total. The van der Waals surface area contributed by atoms with E-state index >= 15 is 0 Å². The molecule has 0 saturated carbocycles. The minimum Gasteiger partial charge on any atom is -0.324 e. The number of Topliss-reactive ketones (excluding diaryl/α,β-unsaturated/α-hetero) is 2. The molecule has 0 aliphatic heterocycles. The van der Waals surface area contributed by atoms with E-state index in [1.165, 1.54) is 54.6 Å². The third-order valence-electron chi connectivity index (χ3n) is 8.98. The molecule has 0 aliphatic rings. The molecule has 0 aromatic heterocycles. The zero-order chi connectivity index (χ0) is 45.8. The van der Waals surface area contributed by atoms with Crippen LogP contribution < -0.4 is 21.3 Å². The van der Waals surface area contributed by atoms with E-state index in [9.17, 15) is 28.8 Å². The predicted molar refractivity (Wildman–Crippen MR) is 247 cm³/mol. The number of nitrogens with one attached hydrogen (secondary N) is 4. The third-order valence-corrected chi connectivity index (χ3v) is 10.5. The maximum absolute atomic E-state index is 13.5. The molecule has 63 heavy (non-hydrogen) atoms. The molecule has 5 aromatic carbocycles. The number of azo groups is 2. The number of carbonyl (C=O) groups is 6. The highest BCUT2D eigenvalue weighted by atomic mass is 35.5. The summed E-state index contributed by atoms with van der Waals surface area (Å²) in [5.74, 6) is -3.29. The maximum atomic E-state index is 13.5. The number of nitrogens with zero attached hydrogens (tertiary/aromatic N) is 4. The second kappa shape index (κ2) is 22.4. The van der Waals surface area contributed by atoms with Crippen LogP contribution in [0.15, 0.2) is 124 Å². The number of halogens is 5. The number of amides is 4. The Morgan fingerprint density at radius 3 is 1.35 bits per heavy atom. The quantitative estimate of drug-likeness (QED) is 0.0406. The standard InChI is InChI=1S/C44H37Cl5N8O6/c1-23(47)33-20-32(52-43(62)39(24(2)58)56-54-37-18-28(8-15-34(37)48)41(60)50-30-10-4-26(21-45)5-11-30)14-17-36(33)53-44(63)40(25(3)59)57-55-38-19-29(9-16-35(38)49)42(61)51-31-12-6-27(22-46)7-13-31/h4-20,23,39-40H,21-22H2,1-3H3,(H,50,60)(H,51,61)(H,52,62)(H,53,63). The Hall–Kier alpha value is -6.03. The van der Waals surface area contributed by atoms with Crippen LogP contribution in [0.25, 0.3) is 0 Å². The number of carbonyl (C=O) groups excluding carboxylic acids is 6. The van der Waals surface area contributed by atoms with E-state index < -0.39 is 52.7 Å². The molecule has 19 heteroatoms. The van der Waals surface area contributed by atoms with Crippen molar-refractivity contribution in [2.24, 2.45) is 20.5 Å². The van der Waals surface area contributed by atoms with Crippen LogP contribution in [0.2, 0.25) is 10.0 Å². The van der Waals surface area contributed by atoms with Crippen LogP contribution >= 0.6 is 58.0 Å². The number of rotatable bonds is 17. The van der Waals surface area contributed by atoms with Crippen molar-refractivity contribution in [1.29, 1.82) is 0 Å². The molecule has 4 amide bonds. The topological polar surface area (TPSA) is 200 Å². The van der Waals surface area contributed by atoms with Gasteiger partial charge in [0.15, 0.2) is 11.6 Å². The molecule has 0 bridgehead atoms. The van der Waals surface area contributed by atoms with Gasteiger partial charge in [0.1, 0.15) is 11.4 Å². The number of ketones is 2. The summed E-state index contributed by atoms with van der Waals surface area (Å²) < 4.78 is 0. The molecule has 3 atom stereocenters. The minimum absolute atomic E-state index is 0.0317. The van der Waals surface area contributed by atoms with Crippen molar-refractivity contribution < 1.29 is 28.8 Å². The van der Waals surface area contributed by atoms with E-state index in [0.717, 1.165) is 25.0 Å². The molecule has 3 unspecified atom stereocenters. The maximum Gasteiger partial charge on any atom is 0.258 e. The van der Waals surface area contributed by atoms with Crippen molar-refractivity contribution in [3.05, 3.63) is 141 Å². The van der Waals surface area contributed by atoms with Crippen molar-refractivity contribution >= 4 is 127 Å². The third kappa shape index (κ3) is 13.2. The van der Waals surface area contributed by atoms with Crippen molar-refractivity contribution in [3.8, 4) is 0 Å². The van der Waals surface area contributed by atoms with Gasteiger partial charge in [-0.25, -0.2) is 0 Å². The van der Waals surface area contributed by atoms with Gasteiger partial charge in [-0.2, -0.15) is 20.5 Å². The van der Waals surface area contributed by atoms with Gasteiger partial charge in [-0.1, -0.05) is 47.5 Å². The fraction of sp³-hybridized carbons (Fsp3) is 0.182. The summed E-state index contributed by atoms with van der Waals surface area (Å²) in [5, 5.41) is 26.2. The molecule has 5 aromatic rings. The summed E-state index contributed by atoms with van der Waals surface area (Å²) in [4.78, 5) is 78.0. The van der Waals surface area contributed by atoms with Gasteiger partial charge in [0.25, 0.3) is 23.6 Å². The lowest BCUT2D eigenvalue weighted by atomic mass is 10.1. The van der Waals surface area contributed by atoms with Gasteiger partial charge in [-0.05, 0) is 116 Å². The molecular formula is C44H37Cl5N8O6. The largest absolute Gasteiger partial charge is 0.324 e. The summed E-state index contributed by atoms with van der Waals surface area (Å²) in [7, 11) is 0. The first-order valence-corrected chi connectivity index (χ1v) is 21.1. The number of alkyl halides is 3. The Balaban J connectivity index is 1.27. The monoisotopic (exact) mass is 948 g/mol. The van der Waals surface area contributed by atoms with Gasteiger partial charge in [-0.15, -0.1) is 34.8 Å². The Morgan fingerprint density at radius 2 is 0.952 bits per heavy atom. The lowest BCUT2D eigenvalue weighted by molar-refractivity contribution is -0.127. The van der Waals surface area contributed by atoms with Crippen LogP contribution in [0.1, 0.15) is 63.6 Å². The highest BCUT2D eigenvalue weighted by Crippen LogP contribution is 2.32. The van der Waals surface area contributed by atoms with Crippen LogP contribution in [-0.2, 0) is 30.9 Å². The van der Waals surface area contributed by atoms with Gasteiger partial charge in [0.2, 0.25) is 12.1 Å². The van der Waals surface area contributed by atoms with E-state index in [1.54, 1.807) is 55.5 Å². The lowest BCUT2D eigenvalue weighted by Gasteiger charge is -2.17. The van der Waals surface area contributed by atoms with Gasteiger partial charge in [-0.3, -0.25) is 28.8 Å². The second-order valence-electron chi connectivity index (χ2n) is 13.8. The molecular weight excluding hydrogens is 914 g/mol. The molecule has 0 heterocycles. The first kappa shape index (κ1) is 48.0. The molecule has 5 rings (SSSR count). The average Bonchev–Trinajstić information content (AvgIpc) is 3.25. The Labute approximate surface area is 386 Å². The zero-order valence-corrected chi connectivity index (χ0v) is 37.4. The summed E-state index contributed by atoms with van der Waals surface area (Å²) >= 11 is 30.8. The normalized spacial score (nSPS) is 12.6. The fourth-order valence-corrected chi connectivity index (χ4v) is 6.44. The van der Waals surface area contributed by atoms with Gasteiger partial charge in [0.05, 0.1) is 15.4 Å². The van der Waals surface area contributed by atoms with E-state index in [-0.39, 0.29) is 43.9 Å². The van der Waals surface area contributed by atoms with Crippen molar-refractivity contribution in [2.75, 3.05) is 21.3 Å². The average molecular weight is 951 g/mol. The number of hydrogen-bond donors (Lipinski definition) is 4. The molecule has 0 saturated heterocycles. The molecule has 0 spiro atoms. The summed E-state index contributed by atoms with van der Waals surface area (Å²) in [6, 6.07) is 23.6. The summed E-state index contributed by atoms with van der Waals surface area (Å²) in [6.45, 7) is 3.92. The molecule has 0 radical (unpaired) electrons. The molecule has 324 valence electrons. The van der Waals surface area contributed by atoms with Crippen LogP contribution in [0, 0.1) is 0 Å². The fourth-order valence-electron chi connectivity index (χ4n) is 5.59. The Bertz CT molecular complexity index is 2610. The van der Waals surface area contributed by atoms with Crippen LogP contribution in [-0.4, -0.2) is 47.3 Å². The summed E-state index contributed by atoms with van der Waals surface area (Å²) in [5.41, 5.74) is 3.97. The minimum atomic E-state index is -1.63. The molecule has 14 nitrogen and oxygen atoms in total. The Morgan fingerprint density at radius 1 is 0.540 bits per heavy atom. The van der Waals surface area contributed by atoms with Crippen LogP contribution in [0.5, 0.6) is 0 Å². The first-order valence-electron chi connectivity index (χ1n) is 18.8. The van der Waals surface area contributed by atoms with E-state index in [2.05, 4.69) is 41.7 Å². The second-order valence-corrected chi connectivity index (χ2v) is 15.8. The van der Waals surface area contributed by atoms with E-state index in [4.69, 9.17) is 58.0 Å². The van der Waals surface area contributed by atoms with Crippen LogP contribution in [0.3, 0.4) is 0 Å². The SMILES string of the molecule is CC(=O)C(N=Nc1cc(C(=O)Nc2ccc(CCl)cc2)ccc1Cl)C(=O)Nc1ccc(NC(=O)C(N=Nc2cc(C(=O)Nc3ccc(CCl)cc3)ccc2Cl)C(C)=O)c(C(C)Cl)c1. The first-order chi connectivity index (χ1) is 30.1. The van der Waals surface area contributed by atoms with Crippen LogP contribution in [0.4, 0.5) is 34.1 Å². The van der Waals surface area contributed by atoms with Gasteiger partial charge in [0, 0.05) is 45.6 Å². The van der Waals surface area contributed by atoms with Crippen molar-refractivity contribution in [1.82, 2.24) is 0 Å². The van der Waals surface area contributed by atoms with Gasteiger partial charge < -0.3 is 21.3 Å². The van der Waals surface area contributed by atoms with E-state index in [0.29, 0.717) is 28.7 Å². The summed E-state index contributed by atoms with van der Waals surface area (Å²) in [6.07, 6.45) is 0. The highest BCUT2D eigenvalue weighted by molar-refractivity contribution is 6.33. The predicted octanol–water partition coefficient (Wildman–Crippen LogP) is 11.6. The van der Waals surface area contributed by atoms with Crippen molar-refractivity contribution in [2.45, 2.75) is 50.0 Å². The van der Waals surface area contributed by atoms with E-state index in [1.807, 2.05) is 0 Å². The number of benzene rings is 5. The molecule has 0 aliphatic carbocycles. The number of anilines is 4. The lowest BCUT2D eigenvalue weighted by Crippen LogP contribution is -2.32. The Kier molecular flexibility index (Phi) is 17.0. The van der Waals surface area contributed by atoms with Crippen molar-refractivity contribution in [3.63, 3.8) is 0 Å². The number of hydrogen-bond acceptors (Lipinski definition) is 10. The smallest absolute Gasteiger partial charge is 0.258 e. The van der Waals surface area contributed by atoms with Gasteiger partial charge >= 0.3 is 0 Å².